The third-order valence-electron chi connectivity index (χ3n) is 5.86. The SMILES string of the molecule is CC(C)(C)OC(=O)N1CCc2nc3ccc4cnn5c6ccc(Cl)cc6c(c2C1=O)c3c45. The molecule has 3 aromatic heterocycles. The number of carbonyl (C=O) groups is 2. The van der Waals surface area contributed by atoms with Crippen LogP contribution in [-0.2, 0) is 11.2 Å². The van der Waals surface area contributed by atoms with Crippen LogP contribution in [0.1, 0.15) is 36.8 Å². The molecule has 2 amide bonds. The smallest absolute Gasteiger partial charge is 0.417 e. The normalized spacial score (nSPS) is 14.8. The summed E-state index contributed by atoms with van der Waals surface area (Å²) in [4.78, 5) is 32.5. The zero-order chi connectivity index (χ0) is 22.4. The van der Waals surface area contributed by atoms with E-state index < -0.39 is 17.6 Å². The maximum atomic E-state index is 13.7. The van der Waals surface area contributed by atoms with Crippen molar-refractivity contribution >= 4 is 61.7 Å². The average Bonchev–Trinajstić information content (AvgIpc) is 3.16. The van der Waals surface area contributed by atoms with Crippen molar-refractivity contribution in [1.82, 2.24) is 19.5 Å². The van der Waals surface area contributed by atoms with Crippen molar-refractivity contribution in [1.29, 1.82) is 0 Å². The van der Waals surface area contributed by atoms with Gasteiger partial charge in [-0.05, 0) is 51.1 Å². The molecule has 6 rings (SSSR count). The van der Waals surface area contributed by atoms with Gasteiger partial charge in [0.15, 0.2) is 0 Å². The maximum Gasteiger partial charge on any atom is 0.417 e. The van der Waals surface area contributed by atoms with E-state index in [1.807, 2.05) is 34.8 Å². The molecule has 0 fully saturated rings. The molecule has 0 N–H and O–H groups in total. The monoisotopic (exact) mass is 446 g/mol. The lowest BCUT2D eigenvalue weighted by atomic mass is 9.93. The van der Waals surface area contributed by atoms with Crippen molar-refractivity contribution in [2.75, 3.05) is 6.54 Å². The number of amides is 2. The highest BCUT2D eigenvalue weighted by Gasteiger charge is 2.36. The summed E-state index contributed by atoms with van der Waals surface area (Å²) in [5, 5.41) is 8.46. The van der Waals surface area contributed by atoms with Gasteiger partial charge in [0, 0.05) is 39.5 Å². The number of aromatic nitrogens is 3. The van der Waals surface area contributed by atoms with Crippen LogP contribution in [0.25, 0.3) is 38.1 Å². The first-order valence-electron chi connectivity index (χ1n) is 10.4. The van der Waals surface area contributed by atoms with Gasteiger partial charge in [0.25, 0.3) is 5.91 Å². The lowest BCUT2D eigenvalue weighted by molar-refractivity contribution is 0.0233. The Hall–Kier alpha value is -3.45. The molecule has 160 valence electrons. The molecule has 0 unspecified atom stereocenters. The highest BCUT2D eigenvalue weighted by Crippen LogP contribution is 2.40. The molecule has 8 heteroatoms. The van der Waals surface area contributed by atoms with Gasteiger partial charge in [-0.3, -0.25) is 9.78 Å². The van der Waals surface area contributed by atoms with Crippen molar-refractivity contribution < 1.29 is 14.3 Å². The second kappa shape index (κ2) is 6.29. The largest absolute Gasteiger partial charge is 0.443 e. The van der Waals surface area contributed by atoms with E-state index in [9.17, 15) is 9.59 Å². The van der Waals surface area contributed by atoms with Gasteiger partial charge in [-0.25, -0.2) is 14.2 Å². The lowest BCUT2D eigenvalue weighted by Crippen LogP contribution is -2.45. The van der Waals surface area contributed by atoms with Gasteiger partial charge in [-0.15, -0.1) is 0 Å². The number of imide groups is 1. The number of ether oxygens (including phenoxy) is 1. The minimum Gasteiger partial charge on any atom is -0.443 e. The maximum absolute atomic E-state index is 13.7. The summed E-state index contributed by atoms with van der Waals surface area (Å²) in [6.07, 6.45) is 1.61. The fraction of sp³-hybridized carbons (Fsp3) is 0.250. The molecule has 4 heterocycles. The number of hydrogen-bond donors (Lipinski definition) is 0. The lowest BCUT2D eigenvalue weighted by Gasteiger charge is -2.30. The van der Waals surface area contributed by atoms with E-state index >= 15 is 0 Å². The van der Waals surface area contributed by atoms with Crippen LogP contribution < -0.4 is 0 Å². The van der Waals surface area contributed by atoms with Crippen molar-refractivity contribution in [2.45, 2.75) is 32.8 Å². The molecule has 0 saturated heterocycles. The van der Waals surface area contributed by atoms with E-state index in [1.54, 1.807) is 27.0 Å². The number of hydrogen-bond acceptors (Lipinski definition) is 5. The van der Waals surface area contributed by atoms with Crippen LogP contribution in [0.3, 0.4) is 0 Å². The van der Waals surface area contributed by atoms with Gasteiger partial charge in [-0.1, -0.05) is 11.6 Å². The Bertz CT molecular complexity index is 1600. The Balaban J connectivity index is 1.72. The highest BCUT2D eigenvalue weighted by atomic mass is 35.5. The van der Waals surface area contributed by atoms with Gasteiger partial charge in [0.05, 0.1) is 34.0 Å². The van der Waals surface area contributed by atoms with Crippen LogP contribution in [0.4, 0.5) is 4.79 Å². The molecular formula is C24H19ClN4O3. The Labute approximate surface area is 187 Å². The van der Waals surface area contributed by atoms with Crippen molar-refractivity contribution in [3.05, 3.63) is 52.8 Å². The van der Waals surface area contributed by atoms with Gasteiger partial charge in [0.1, 0.15) is 5.60 Å². The Morgan fingerprint density at radius 1 is 1.16 bits per heavy atom. The average molecular weight is 447 g/mol. The zero-order valence-electron chi connectivity index (χ0n) is 17.8. The Morgan fingerprint density at radius 3 is 2.75 bits per heavy atom. The first kappa shape index (κ1) is 19.3. The predicted octanol–water partition coefficient (Wildman–Crippen LogP) is 5.21. The molecule has 0 aliphatic carbocycles. The summed E-state index contributed by atoms with van der Waals surface area (Å²) >= 11 is 6.37. The summed E-state index contributed by atoms with van der Waals surface area (Å²) in [7, 11) is 0. The van der Waals surface area contributed by atoms with E-state index in [1.165, 1.54) is 4.90 Å². The third kappa shape index (κ3) is 2.61. The predicted molar refractivity (Wildman–Crippen MR) is 123 cm³/mol. The molecule has 5 aromatic rings. The van der Waals surface area contributed by atoms with Crippen molar-refractivity contribution in [3.63, 3.8) is 0 Å². The summed E-state index contributed by atoms with van der Waals surface area (Å²) in [6.45, 7) is 5.56. The summed E-state index contributed by atoms with van der Waals surface area (Å²) in [5.41, 5.74) is 2.92. The number of pyridine rings is 2. The molecule has 7 nitrogen and oxygen atoms in total. The molecule has 0 spiro atoms. The number of halogens is 1. The standard InChI is InChI=1S/C24H19ClN4O3/c1-24(2,3)32-23(31)28-9-8-16-20(22(28)30)18-14-10-13(25)5-7-17(14)29-21-12(11-26-29)4-6-15(27-16)19(18)21/h4-7,10-11H,8-9H2,1-3H3. The number of rotatable bonds is 0. The number of benzene rings is 2. The first-order valence-corrected chi connectivity index (χ1v) is 10.8. The second-order valence-corrected chi connectivity index (χ2v) is 9.55. The molecule has 1 aliphatic heterocycles. The van der Waals surface area contributed by atoms with E-state index in [2.05, 4.69) is 5.10 Å². The number of carbonyl (C=O) groups excluding carboxylic acids is 2. The molecule has 0 radical (unpaired) electrons. The molecule has 32 heavy (non-hydrogen) atoms. The highest BCUT2D eigenvalue weighted by molar-refractivity contribution is 6.33. The van der Waals surface area contributed by atoms with E-state index in [0.717, 1.165) is 38.1 Å². The summed E-state index contributed by atoms with van der Waals surface area (Å²) in [6, 6.07) is 9.49. The third-order valence-corrected chi connectivity index (χ3v) is 6.09. The van der Waals surface area contributed by atoms with E-state index in [-0.39, 0.29) is 6.54 Å². The Kier molecular flexibility index (Phi) is 3.79. The number of fused-ring (bicyclic) bond motifs is 5. The second-order valence-electron chi connectivity index (χ2n) is 9.11. The quantitative estimate of drug-likeness (QED) is 0.241. The molecule has 2 aromatic carbocycles. The summed E-state index contributed by atoms with van der Waals surface area (Å²) in [5.74, 6) is -0.402. The molecule has 0 saturated carbocycles. The topological polar surface area (TPSA) is 76.8 Å². The van der Waals surface area contributed by atoms with Crippen molar-refractivity contribution in [3.8, 4) is 0 Å². The summed E-state index contributed by atoms with van der Waals surface area (Å²) < 4.78 is 7.36. The van der Waals surface area contributed by atoms with E-state index in [0.29, 0.717) is 22.7 Å². The fourth-order valence-electron chi connectivity index (χ4n) is 4.62. The van der Waals surface area contributed by atoms with E-state index in [4.69, 9.17) is 21.3 Å². The Morgan fingerprint density at radius 2 is 1.97 bits per heavy atom. The number of nitrogens with zero attached hydrogens (tertiary/aromatic N) is 4. The van der Waals surface area contributed by atoms with Crippen LogP contribution in [0.5, 0.6) is 0 Å². The molecule has 0 bridgehead atoms. The van der Waals surface area contributed by atoms with Crippen LogP contribution in [0, 0.1) is 0 Å². The van der Waals surface area contributed by atoms with Crippen molar-refractivity contribution in [2.24, 2.45) is 0 Å². The zero-order valence-corrected chi connectivity index (χ0v) is 18.5. The van der Waals surface area contributed by atoms with Crippen LogP contribution in [0.15, 0.2) is 36.5 Å². The molecular weight excluding hydrogens is 428 g/mol. The van der Waals surface area contributed by atoms with Crippen LogP contribution >= 0.6 is 11.6 Å². The first-order chi connectivity index (χ1) is 15.2. The van der Waals surface area contributed by atoms with Crippen LogP contribution in [-0.4, -0.2) is 43.6 Å². The minimum absolute atomic E-state index is 0.223. The van der Waals surface area contributed by atoms with Gasteiger partial charge >= 0.3 is 6.09 Å². The fourth-order valence-corrected chi connectivity index (χ4v) is 4.79. The minimum atomic E-state index is -0.702. The van der Waals surface area contributed by atoms with Gasteiger partial charge in [0.2, 0.25) is 0 Å². The van der Waals surface area contributed by atoms with Crippen LogP contribution in [0.2, 0.25) is 5.02 Å². The molecule has 0 atom stereocenters. The molecule has 1 aliphatic rings. The van der Waals surface area contributed by atoms with Gasteiger partial charge in [-0.2, -0.15) is 5.10 Å². The van der Waals surface area contributed by atoms with Gasteiger partial charge < -0.3 is 4.74 Å².